The monoisotopic (exact) mass is 284 g/mol. The van der Waals surface area contributed by atoms with Gasteiger partial charge < -0.3 is 16.2 Å². The van der Waals surface area contributed by atoms with Crippen molar-refractivity contribution in [2.75, 3.05) is 13.2 Å². The molecule has 0 saturated heterocycles. The molecule has 0 bridgehead atoms. The largest absolute Gasteiger partial charge is 0.381 e. The fourth-order valence-corrected chi connectivity index (χ4v) is 2.47. The summed E-state index contributed by atoms with van der Waals surface area (Å²) in [7, 11) is 0. The molecule has 0 aromatic heterocycles. The lowest BCUT2D eigenvalue weighted by Gasteiger charge is -2.10. The number of nitrogens with two attached hydrogens (primary N) is 2. The van der Waals surface area contributed by atoms with Crippen LogP contribution in [0.3, 0.4) is 0 Å². The molecule has 0 spiro atoms. The average molecular weight is 284 g/mol. The van der Waals surface area contributed by atoms with Gasteiger partial charge in [-0.05, 0) is 35.1 Å². The average Bonchev–Trinajstić information content (AvgIpc) is 2.55. The summed E-state index contributed by atoms with van der Waals surface area (Å²) in [5.74, 6) is 0. The van der Waals surface area contributed by atoms with Gasteiger partial charge in [0, 0.05) is 13.1 Å². The first-order valence-electron chi connectivity index (χ1n) is 7.46. The molecule has 0 atom stereocenters. The van der Waals surface area contributed by atoms with Crippen LogP contribution in [0.25, 0.3) is 0 Å². The Labute approximate surface area is 126 Å². The molecular formula is C18H24N2O. The second-order valence-corrected chi connectivity index (χ2v) is 5.06. The van der Waals surface area contributed by atoms with E-state index in [9.17, 15) is 0 Å². The zero-order valence-corrected chi connectivity index (χ0v) is 12.4. The normalized spacial score (nSPS) is 10.8. The Morgan fingerprint density at radius 2 is 1.00 bits per heavy atom. The molecule has 0 radical (unpaired) electrons. The van der Waals surface area contributed by atoms with Crippen molar-refractivity contribution >= 4 is 0 Å². The molecule has 0 fully saturated rings. The number of hydrogen-bond acceptors (Lipinski definition) is 3. The van der Waals surface area contributed by atoms with E-state index >= 15 is 0 Å². The molecule has 0 aliphatic heterocycles. The summed E-state index contributed by atoms with van der Waals surface area (Å²) in [5, 5.41) is 0. The van der Waals surface area contributed by atoms with Gasteiger partial charge in [0.25, 0.3) is 0 Å². The molecule has 3 nitrogen and oxygen atoms in total. The summed E-state index contributed by atoms with van der Waals surface area (Å²) in [5.41, 5.74) is 16.4. The lowest BCUT2D eigenvalue weighted by Crippen LogP contribution is -2.08. The summed E-state index contributed by atoms with van der Waals surface area (Å²) >= 11 is 0. The Bertz CT molecular complexity index is 505. The topological polar surface area (TPSA) is 61.3 Å². The number of hydrogen-bond donors (Lipinski definition) is 2. The van der Waals surface area contributed by atoms with Gasteiger partial charge in [-0.1, -0.05) is 48.5 Å². The highest BCUT2D eigenvalue weighted by Gasteiger charge is 2.02. The maximum Gasteiger partial charge on any atom is 0.0506 e. The van der Waals surface area contributed by atoms with Gasteiger partial charge >= 0.3 is 0 Å². The van der Waals surface area contributed by atoms with Crippen molar-refractivity contribution in [3.05, 3.63) is 70.8 Å². The van der Waals surface area contributed by atoms with Crippen LogP contribution in [-0.4, -0.2) is 13.2 Å². The standard InChI is InChI=1S/C18H24N2O/c19-13-17-7-3-1-5-15(17)9-11-21-12-10-16-6-2-4-8-18(16)14-20/h1-8H,9-14,19-20H2. The molecule has 0 unspecified atom stereocenters. The zero-order chi connectivity index (χ0) is 14.9. The maximum absolute atomic E-state index is 5.76. The van der Waals surface area contributed by atoms with E-state index in [4.69, 9.17) is 16.2 Å². The van der Waals surface area contributed by atoms with E-state index in [1.807, 2.05) is 24.3 Å². The Morgan fingerprint density at radius 3 is 1.38 bits per heavy atom. The molecule has 2 aromatic rings. The minimum atomic E-state index is 0.583. The zero-order valence-electron chi connectivity index (χ0n) is 12.4. The molecule has 0 aliphatic carbocycles. The Morgan fingerprint density at radius 1 is 0.619 bits per heavy atom. The van der Waals surface area contributed by atoms with E-state index in [1.165, 1.54) is 22.3 Å². The Balaban J connectivity index is 1.75. The van der Waals surface area contributed by atoms with Gasteiger partial charge in [0.2, 0.25) is 0 Å². The van der Waals surface area contributed by atoms with E-state index < -0.39 is 0 Å². The van der Waals surface area contributed by atoms with Crippen LogP contribution in [-0.2, 0) is 30.7 Å². The molecule has 2 rings (SSSR count). The van der Waals surface area contributed by atoms with Crippen LogP contribution in [0.5, 0.6) is 0 Å². The molecule has 0 amide bonds. The third-order valence-electron chi connectivity index (χ3n) is 3.71. The third kappa shape index (κ3) is 4.67. The van der Waals surface area contributed by atoms with Gasteiger partial charge in [0.15, 0.2) is 0 Å². The van der Waals surface area contributed by atoms with Crippen LogP contribution >= 0.6 is 0 Å². The van der Waals surface area contributed by atoms with Crippen LogP contribution in [0, 0.1) is 0 Å². The van der Waals surface area contributed by atoms with Gasteiger partial charge in [-0.2, -0.15) is 0 Å². The van der Waals surface area contributed by atoms with Crippen LogP contribution in [0.2, 0.25) is 0 Å². The molecule has 0 saturated carbocycles. The van der Waals surface area contributed by atoms with Gasteiger partial charge in [0.1, 0.15) is 0 Å². The Hall–Kier alpha value is -1.68. The third-order valence-corrected chi connectivity index (χ3v) is 3.71. The molecule has 0 heterocycles. The molecule has 3 heteroatoms. The first kappa shape index (κ1) is 15.7. The summed E-state index contributed by atoms with van der Waals surface area (Å²) in [6, 6.07) is 16.5. The summed E-state index contributed by atoms with van der Waals surface area (Å²) in [4.78, 5) is 0. The lowest BCUT2D eigenvalue weighted by molar-refractivity contribution is 0.140. The highest BCUT2D eigenvalue weighted by atomic mass is 16.5. The van der Waals surface area contributed by atoms with Crippen LogP contribution in [0.15, 0.2) is 48.5 Å². The first-order chi connectivity index (χ1) is 10.3. The predicted octanol–water partition coefficient (Wildman–Crippen LogP) is 2.41. The SMILES string of the molecule is NCc1ccccc1CCOCCc1ccccc1CN. The lowest BCUT2D eigenvalue weighted by atomic mass is 10.0. The molecule has 2 aromatic carbocycles. The molecule has 4 N–H and O–H groups in total. The fraction of sp³-hybridized carbons (Fsp3) is 0.333. The van der Waals surface area contributed by atoms with Gasteiger partial charge in [-0.15, -0.1) is 0 Å². The van der Waals surface area contributed by atoms with Crippen LogP contribution < -0.4 is 11.5 Å². The van der Waals surface area contributed by atoms with E-state index in [0.717, 1.165) is 26.1 Å². The fourth-order valence-electron chi connectivity index (χ4n) is 2.47. The molecule has 0 aliphatic rings. The smallest absolute Gasteiger partial charge is 0.0506 e. The van der Waals surface area contributed by atoms with Crippen LogP contribution in [0.4, 0.5) is 0 Å². The van der Waals surface area contributed by atoms with Crippen molar-refractivity contribution in [3.8, 4) is 0 Å². The predicted molar refractivity (Wildman–Crippen MR) is 86.9 cm³/mol. The number of ether oxygens (including phenoxy) is 1. The van der Waals surface area contributed by atoms with E-state index in [1.54, 1.807) is 0 Å². The van der Waals surface area contributed by atoms with Crippen molar-refractivity contribution in [1.29, 1.82) is 0 Å². The second kappa shape index (κ2) is 8.57. The van der Waals surface area contributed by atoms with E-state index in [2.05, 4.69) is 24.3 Å². The van der Waals surface area contributed by atoms with Crippen molar-refractivity contribution < 1.29 is 4.74 Å². The quantitative estimate of drug-likeness (QED) is 0.732. The highest BCUT2D eigenvalue weighted by Crippen LogP contribution is 2.10. The molecule has 21 heavy (non-hydrogen) atoms. The summed E-state index contributed by atoms with van der Waals surface area (Å²) < 4.78 is 5.76. The number of benzene rings is 2. The molecular weight excluding hydrogens is 260 g/mol. The van der Waals surface area contributed by atoms with Gasteiger partial charge in [-0.25, -0.2) is 0 Å². The van der Waals surface area contributed by atoms with E-state index in [0.29, 0.717) is 13.1 Å². The van der Waals surface area contributed by atoms with Crippen molar-refractivity contribution in [1.82, 2.24) is 0 Å². The maximum atomic E-state index is 5.76. The van der Waals surface area contributed by atoms with Crippen molar-refractivity contribution in [2.24, 2.45) is 11.5 Å². The first-order valence-corrected chi connectivity index (χ1v) is 7.46. The Kier molecular flexibility index (Phi) is 6.41. The van der Waals surface area contributed by atoms with Crippen molar-refractivity contribution in [2.45, 2.75) is 25.9 Å². The summed E-state index contributed by atoms with van der Waals surface area (Å²) in [6.45, 7) is 2.61. The summed E-state index contributed by atoms with van der Waals surface area (Å²) in [6.07, 6.45) is 1.82. The van der Waals surface area contributed by atoms with E-state index in [-0.39, 0.29) is 0 Å². The van der Waals surface area contributed by atoms with Gasteiger partial charge in [0.05, 0.1) is 13.2 Å². The minimum Gasteiger partial charge on any atom is -0.381 e. The minimum absolute atomic E-state index is 0.583. The van der Waals surface area contributed by atoms with Crippen LogP contribution in [0.1, 0.15) is 22.3 Å². The molecule has 112 valence electrons. The van der Waals surface area contributed by atoms with Gasteiger partial charge in [-0.3, -0.25) is 0 Å². The van der Waals surface area contributed by atoms with Crippen molar-refractivity contribution in [3.63, 3.8) is 0 Å². The highest BCUT2D eigenvalue weighted by molar-refractivity contribution is 5.27. The second-order valence-electron chi connectivity index (χ2n) is 5.06. The number of rotatable bonds is 8.